The van der Waals surface area contributed by atoms with E-state index in [9.17, 15) is 9.90 Å². The zero-order valence-corrected chi connectivity index (χ0v) is 12.2. The van der Waals surface area contributed by atoms with Crippen LogP contribution in [0.4, 0.5) is 0 Å². The number of ether oxygens (including phenoxy) is 2. The SMILES string of the molecule is O=C(O)c1ccccc1Oc1ccccc1Oc1ccccc1. The van der Waals surface area contributed by atoms with Gasteiger partial charge in [-0.25, -0.2) is 4.79 Å². The van der Waals surface area contributed by atoms with Crippen molar-refractivity contribution in [2.75, 3.05) is 0 Å². The molecule has 0 unspecified atom stereocenters. The topological polar surface area (TPSA) is 55.8 Å². The molecule has 0 bridgehead atoms. The van der Waals surface area contributed by atoms with Crippen LogP contribution in [0.2, 0.25) is 0 Å². The lowest BCUT2D eigenvalue weighted by Crippen LogP contribution is -2.00. The molecular formula is C19H14O4. The second-order valence-corrected chi connectivity index (χ2v) is 4.77. The molecule has 0 fully saturated rings. The third kappa shape index (κ3) is 3.49. The first-order valence-corrected chi connectivity index (χ1v) is 7.06. The highest BCUT2D eigenvalue weighted by Crippen LogP contribution is 2.35. The van der Waals surface area contributed by atoms with E-state index in [1.165, 1.54) is 6.07 Å². The van der Waals surface area contributed by atoms with Crippen molar-refractivity contribution in [2.24, 2.45) is 0 Å². The molecule has 0 radical (unpaired) electrons. The molecule has 0 spiro atoms. The zero-order chi connectivity index (χ0) is 16.1. The lowest BCUT2D eigenvalue weighted by Gasteiger charge is -2.13. The Labute approximate surface area is 133 Å². The smallest absolute Gasteiger partial charge is 0.339 e. The Bertz CT molecular complexity index is 812. The second kappa shape index (κ2) is 6.66. The second-order valence-electron chi connectivity index (χ2n) is 4.77. The third-order valence-corrected chi connectivity index (χ3v) is 3.16. The number of para-hydroxylation sites is 4. The summed E-state index contributed by atoms with van der Waals surface area (Å²) in [7, 11) is 0. The number of aromatic carboxylic acids is 1. The van der Waals surface area contributed by atoms with Gasteiger partial charge in [0.2, 0.25) is 0 Å². The minimum Gasteiger partial charge on any atom is -0.478 e. The zero-order valence-electron chi connectivity index (χ0n) is 12.2. The predicted molar refractivity (Wildman–Crippen MR) is 86.4 cm³/mol. The Balaban J connectivity index is 1.91. The Hall–Kier alpha value is -3.27. The molecule has 4 nitrogen and oxygen atoms in total. The van der Waals surface area contributed by atoms with E-state index in [-0.39, 0.29) is 11.3 Å². The van der Waals surface area contributed by atoms with Crippen LogP contribution in [0.25, 0.3) is 0 Å². The molecule has 0 saturated heterocycles. The number of carbonyl (C=O) groups is 1. The maximum atomic E-state index is 11.3. The molecule has 0 aliphatic rings. The Morgan fingerprint density at radius 1 is 0.652 bits per heavy atom. The number of rotatable bonds is 5. The summed E-state index contributed by atoms with van der Waals surface area (Å²) in [6.45, 7) is 0. The molecule has 114 valence electrons. The van der Waals surface area contributed by atoms with Gasteiger partial charge in [-0.3, -0.25) is 0 Å². The summed E-state index contributed by atoms with van der Waals surface area (Å²) in [5, 5.41) is 9.24. The van der Waals surface area contributed by atoms with Gasteiger partial charge in [-0.05, 0) is 36.4 Å². The van der Waals surface area contributed by atoms with E-state index >= 15 is 0 Å². The molecule has 0 atom stereocenters. The van der Waals surface area contributed by atoms with Crippen LogP contribution in [0.1, 0.15) is 10.4 Å². The van der Waals surface area contributed by atoms with Gasteiger partial charge in [-0.15, -0.1) is 0 Å². The van der Waals surface area contributed by atoms with Crippen LogP contribution in [0.15, 0.2) is 78.9 Å². The molecule has 4 heteroatoms. The van der Waals surface area contributed by atoms with Gasteiger partial charge in [-0.2, -0.15) is 0 Å². The minimum atomic E-state index is -1.04. The summed E-state index contributed by atoms with van der Waals surface area (Å²) in [5.74, 6) is 0.866. The molecule has 3 aromatic carbocycles. The van der Waals surface area contributed by atoms with Crippen molar-refractivity contribution < 1.29 is 19.4 Å². The van der Waals surface area contributed by atoms with Crippen LogP contribution in [-0.4, -0.2) is 11.1 Å². The van der Waals surface area contributed by atoms with Crippen LogP contribution >= 0.6 is 0 Å². The molecule has 0 aromatic heterocycles. The van der Waals surface area contributed by atoms with Crippen molar-refractivity contribution in [3.63, 3.8) is 0 Å². The van der Waals surface area contributed by atoms with Crippen molar-refractivity contribution >= 4 is 5.97 Å². The maximum Gasteiger partial charge on any atom is 0.339 e. The first-order valence-electron chi connectivity index (χ1n) is 7.06. The molecule has 3 aromatic rings. The van der Waals surface area contributed by atoms with Gasteiger partial charge in [0.25, 0.3) is 0 Å². The molecule has 3 rings (SSSR count). The average Bonchev–Trinajstić information content (AvgIpc) is 2.58. The van der Waals surface area contributed by atoms with E-state index in [2.05, 4.69) is 0 Å². The number of benzene rings is 3. The first-order chi connectivity index (χ1) is 11.2. The van der Waals surface area contributed by atoms with Crippen molar-refractivity contribution in [1.82, 2.24) is 0 Å². The van der Waals surface area contributed by atoms with Crippen LogP contribution in [0, 0.1) is 0 Å². The predicted octanol–water partition coefficient (Wildman–Crippen LogP) is 4.97. The average molecular weight is 306 g/mol. The Kier molecular flexibility index (Phi) is 4.25. The monoisotopic (exact) mass is 306 g/mol. The summed E-state index contributed by atoms with van der Waals surface area (Å²) in [6, 6.07) is 22.9. The van der Waals surface area contributed by atoms with Crippen LogP contribution < -0.4 is 9.47 Å². The molecule has 0 aliphatic heterocycles. The molecule has 0 amide bonds. The third-order valence-electron chi connectivity index (χ3n) is 3.16. The maximum absolute atomic E-state index is 11.3. The number of carboxylic acid groups (broad SMARTS) is 1. The van der Waals surface area contributed by atoms with Crippen molar-refractivity contribution in [2.45, 2.75) is 0 Å². The molecule has 1 N–H and O–H groups in total. The standard InChI is InChI=1S/C19H14O4/c20-19(21)15-10-4-5-11-16(15)23-18-13-7-6-12-17(18)22-14-8-2-1-3-9-14/h1-13H,(H,20,21). The summed E-state index contributed by atoms with van der Waals surface area (Å²) < 4.78 is 11.6. The lowest BCUT2D eigenvalue weighted by molar-refractivity contribution is 0.0694. The fourth-order valence-corrected chi connectivity index (χ4v) is 2.09. The summed E-state index contributed by atoms with van der Waals surface area (Å²) in [6.07, 6.45) is 0. The summed E-state index contributed by atoms with van der Waals surface area (Å²) in [4.78, 5) is 11.3. The van der Waals surface area contributed by atoms with Crippen molar-refractivity contribution in [1.29, 1.82) is 0 Å². The number of carboxylic acids is 1. The fourth-order valence-electron chi connectivity index (χ4n) is 2.09. The number of hydrogen-bond acceptors (Lipinski definition) is 3. The Morgan fingerprint density at radius 3 is 1.83 bits per heavy atom. The van der Waals surface area contributed by atoms with E-state index in [1.807, 2.05) is 36.4 Å². The molecule has 0 heterocycles. The van der Waals surface area contributed by atoms with Gasteiger partial charge >= 0.3 is 5.97 Å². The highest BCUT2D eigenvalue weighted by molar-refractivity contribution is 5.90. The largest absolute Gasteiger partial charge is 0.478 e. The first kappa shape index (κ1) is 14.7. The van der Waals surface area contributed by atoms with Crippen molar-refractivity contribution in [3.8, 4) is 23.0 Å². The molecule has 0 aliphatic carbocycles. The van der Waals surface area contributed by atoms with E-state index in [1.54, 1.807) is 36.4 Å². The van der Waals surface area contributed by atoms with Gasteiger partial charge in [-0.1, -0.05) is 42.5 Å². The van der Waals surface area contributed by atoms with Crippen molar-refractivity contribution in [3.05, 3.63) is 84.4 Å². The summed E-state index contributed by atoms with van der Waals surface area (Å²) in [5.41, 5.74) is 0.0991. The molecule has 23 heavy (non-hydrogen) atoms. The minimum absolute atomic E-state index is 0.0991. The highest BCUT2D eigenvalue weighted by Gasteiger charge is 2.13. The molecular weight excluding hydrogens is 292 g/mol. The summed E-state index contributed by atoms with van der Waals surface area (Å²) >= 11 is 0. The fraction of sp³-hybridized carbons (Fsp3) is 0. The van der Waals surface area contributed by atoms with Gasteiger partial charge in [0.1, 0.15) is 17.1 Å². The van der Waals surface area contributed by atoms with E-state index in [4.69, 9.17) is 9.47 Å². The Morgan fingerprint density at radius 2 is 1.17 bits per heavy atom. The quantitative estimate of drug-likeness (QED) is 0.723. The van der Waals surface area contributed by atoms with Gasteiger partial charge in [0, 0.05) is 0 Å². The van der Waals surface area contributed by atoms with Gasteiger partial charge < -0.3 is 14.6 Å². The lowest BCUT2D eigenvalue weighted by atomic mass is 10.2. The van der Waals surface area contributed by atoms with E-state index in [0.29, 0.717) is 17.2 Å². The van der Waals surface area contributed by atoms with E-state index in [0.717, 1.165) is 0 Å². The van der Waals surface area contributed by atoms with Gasteiger partial charge in [0.05, 0.1) is 0 Å². The van der Waals surface area contributed by atoms with Crippen LogP contribution in [0.3, 0.4) is 0 Å². The van der Waals surface area contributed by atoms with Gasteiger partial charge in [0.15, 0.2) is 11.5 Å². The molecule has 0 saturated carbocycles. The van der Waals surface area contributed by atoms with E-state index < -0.39 is 5.97 Å². The van der Waals surface area contributed by atoms with Crippen LogP contribution in [0.5, 0.6) is 23.0 Å². The number of hydrogen-bond donors (Lipinski definition) is 1. The van der Waals surface area contributed by atoms with Crippen LogP contribution in [-0.2, 0) is 0 Å². The highest BCUT2D eigenvalue weighted by atomic mass is 16.5. The normalized spacial score (nSPS) is 10.1.